The van der Waals surface area contributed by atoms with Gasteiger partial charge in [-0.25, -0.2) is 8.78 Å². The Morgan fingerprint density at radius 2 is 1.77 bits per heavy atom. The zero-order valence-electron chi connectivity index (χ0n) is 14.1. The maximum absolute atomic E-state index is 14.4. The van der Waals surface area contributed by atoms with Gasteiger partial charge in [0.1, 0.15) is 11.6 Å². The van der Waals surface area contributed by atoms with Gasteiger partial charge in [0.15, 0.2) is 0 Å². The summed E-state index contributed by atoms with van der Waals surface area (Å²) in [5.74, 6) is -2.14. The topological polar surface area (TPSA) is 49.3 Å². The number of nitrogens with one attached hydrogen (secondary N) is 1. The molecule has 2 N–H and O–H groups in total. The Balaban J connectivity index is 1.88. The van der Waals surface area contributed by atoms with Crippen molar-refractivity contribution in [1.82, 2.24) is 5.32 Å². The van der Waals surface area contributed by atoms with Crippen LogP contribution in [0, 0.1) is 17.6 Å². The van der Waals surface area contributed by atoms with E-state index >= 15 is 0 Å². The minimum Gasteiger partial charge on any atom is -0.481 e. The average molecular weight is 380 g/mol. The molecule has 2 aromatic rings. The quantitative estimate of drug-likeness (QED) is 0.773. The standard InChI is InChI=1S/C20H20ClF2NO2/c21-17-4-2-1-3-15(17)19(16-11-13(22)7-10-18(16)23)24-14-8-5-12(6-9-14)20(25)26/h1-4,7,10-12,14,19,24H,5-6,8-9H2,(H,25,26). The van der Waals surface area contributed by atoms with Crippen molar-refractivity contribution < 1.29 is 18.7 Å². The van der Waals surface area contributed by atoms with E-state index < -0.39 is 23.6 Å². The molecule has 0 saturated heterocycles. The van der Waals surface area contributed by atoms with Gasteiger partial charge in [-0.15, -0.1) is 0 Å². The molecular weight excluding hydrogens is 360 g/mol. The lowest BCUT2D eigenvalue weighted by Gasteiger charge is -2.31. The summed E-state index contributed by atoms with van der Waals surface area (Å²) in [4.78, 5) is 11.1. The lowest BCUT2D eigenvalue weighted by molar-refractivity contribution is -0.142. The monoisotopic (exact) mass is 379 g/mol. The fourth-order valence-corrected chi connectivity index (χ4v) is 3.78. The first-order valence-electron chi connectivity index (χ1n) is 8.64. The molecule has 6 heteroatoms. The van der Waals surface area contributed by atoms with Gasteiger partial charge in [0.2, 0.25) is 0 Å². The Labute approximate surface area is 156 Å². The number of carboxylic acid groups (broad SMARTS) is 1. The van der Waals surface area contributed by atoms with E-state index in [0.29, 0.717) is 36.3 Å². The second-order valence-corrected chi connectivity index (χ2v) is 7.08. The van der Waals surface area contributed by atoms with Gasteiger partial charge in [0, 0.05) is 16.6 Å². The number of rotatable bonds is 5. The maximum atomic E-state index is 14.4. The van der Waals surface area contributed by atoms with Crippen LogP contribution in [-0.4, -0.2) is 17.1 Å². The second-order valence-electron chi connectivity index (χ2n) is 6.67. The molecule has 0 aliphatic heterocycles. The van der Waals surface area contributed by atoms with Crippen LogP contribution >= 0.6 is 11.6 Å². The van der Waals surface area contributed by atoms with Crippen LogP contribution < -0.4 is 5.32 Å². The SMILES string of the molecule is O=C(O)C1CCC(NC(c2cc(F)ccc2F)c2ccccc2Cl)CC1. The van der Waals surface area contributed by atoms with E-state index in [2.05, 4.69) is 5.32 Å². The minimum atomic E-state index is -0.776. The number of benzene rings is 2. The average Bonchev–Trinajstić information content (AvgIpc) is 2.63. The van der Waals surface area contributed by atoms with Crippen LogP contribution in [0.15, 0.2) is 42.5 Å². The second kappa shape index (κ2) is 8.14. The third kappa shape index (κ3) is 4.22. The third-order valence-corrected chi connectivity index (χ3v) is 5.31. The highest BCUT2D eigenvalue weighted by Crippen LogP contribution is 2.33. The van der Waals surface area contributed by atoms with E-state index in [1.165, 1.54) is 6.07 Å². The molecule has 1 fully saturated rings. The summed E-state index contributed by atoms with van der Waals surface area (Å²) >= 11 is 6.31. The summed E-state index contributed by atoms with van der Waals surface area (Å²) in [5, 5.41) is 13.0. The van der Waals surface area contributed by atoms with Gasteiger partial charge in [-0.1, -0.05) is 29.8 Å². The van der Waals surface area contributed by atoms with Crippen molar-refractivity contribution >= 4 is 17.6 Å². The third-order valence-electron chi connectivity index (χ3n) is 4.96. The zero-order chi connectivity index (χ0) is 18.7. The molecule has 3 nitrogen and oxygen atoms in total. The van der Waals surface area contributed by atoms with Gasteiger partial charge >= 0.3 is 5.97 Å². The molecule has 0 bridgehead atoms. The smallest absolute Gasteiger partial charge is 0.306 e. The van der Waals surface area contributed by atoms with Crippen LogP contribution in [0.5, 0.6) is 0 Å². The molecule has 1 aliphatic carbocycles. The van der Waals surface area contributed by atoms with Crippen LogP contribution in [-0.2, 0) is 4.79 Å². The van der Waals surface area contributed by atoms with Gasteiger partial charge in [0.05, 0.1) is 12.0 Å². The molecular formula is C20H20ClF2NO2. The van der Waals surface area contributed by atoms with E-state index in [9.17, 15) is 13.6 Å². The van der Waals surface area contributed by atoms with Gasteiger partial charge in [0.25, 0.3) is 0 Å². The Kier molecular flexibility index (Phi) is 5.89. The van der Waals surface area contributed by atoms with Crippen LogP contribution in [0.4, 0.5) is 8.78 Å². The molecule has 3 rings (SSSR count). The normalized spacial score (nSPS) is 21.3. The molecule has 0 spiro atoms. The summed E-state index contributed by atoms with van der Waals surface area (Å²) < 4.78 is 28.2. The number of carbonyl (C=O) groups is 1. The lowest BCUT2D eigenvalue weighted by atomic mass is 9.85. The molecule has 1 unspecified atom stereocenters. The molecule has 0 aromatic heterocycles. The van der Waals surface area contributed by atoms with Gasteiger partial charge < -0.3 is 10.4 Å². The van der Waals surface area contributed by atoms with Crippen LogP contribution in [0.3, 0.4) is 0 Å². The number of hydrogen-bond acceptors (Lipinski definition) is 2. The Hall–Kier alpha value is -1.98. The van der Waals surface area contributed by atoms with Gasteiger partial charge in [-0.05, 0) is 55.5 Å². The Bertz CT molecular complexity index is 791. The number of hydrogen-bond donors (Lipinski definition) is 2. The largest absolute Gasteiger partial charge is 0.481 e. The molecule has 138 valence electrons. The summed E-state index contributed by atoms with van der Waals surface area (Å²) in [6.45, 7) is 0. The molecule has 26 heavy (non-hydrogen) atoms. The van der Waals surface area contributed by atoms with E-state index in [-0.39, 0.29) is 17.5 Å². The van der Waals surface area contributed by atoms with Crippen LogP contribution in [0.1, 0.15) is 42.9 Å². The molecule has 1 saturated carbocycles. The number of halogens is 3. The maximum Gasteiger partial charge on any atom is 0.306 e. The molecule has 1 atom stereocenters. The summed E-state index contributed by atoms with van der Waals surface area (Å²) in [6, 6.07) is 9.85. The van der Waals surface area contributed by atoms with Crippen LogP contribution in [0.2, 0.25) is 5.02 Å². The van der Waals surface area contributed by atoms with Crippen molar-refractivity contribution in [1.29, 1.82) is 0 Å². The Morgan fingerprint density at radius 3 is 2.42 bits per heavy atom. The predicted molar refractivity (Wildman–Crippen MR) is 96.2 cm³/mol. The Morgan fingerprint density at radius 1 is 1.08 bits per heavy atom. The molecule has 0 amide bonds. The van der Waals surface area contributed by atoms with E-state index in [1.807, 2.05) is 0 Å². The molecule has 1 aliphatic rings. The van der Waals surface area contributed by atoms with Crippen molar-refractivity contribution in [3.63, 3.8) is 0 Å². The predicted octanol–water partition coefficient (Wildman–Crippen LogP) is 4.94. The number of aliphatic carboxylic acids is 1. The lowest BCUT2D eigenvalue weighted by Crippen LogP contribution is -2.38. The molecule has 0 heterocycles. The minimum absolute atomic E-state index is 0.00883. The molecule has 0 radical (unpaired) electrons. The van der Waals surface area contributed by atoms with Gasteiger partial charge in [-0.2, -0.15) is 0 Å². The summed E-state index contributed by atoms with van der Waals surface area (Å²) in [6.07, 6.45) is 2.45. The van der Waals surface area contributed by atoms with E-state index in [0.717, 1.165) is 12.1 Å². The summed E-state index contributed by atoms with van der Waals surface area (Å²) in [5.41, 5.74) is 0.859. The van der Waals surface area contributed by atoms with Crippen LogP contribution in [0.25, 0.3) is 0 Å². The van der Waals surface area contributed by atoms with Gasteiger partial charge in [-0.3, -0.25) is 4.79 Å². The highest BCUT2D eigenvalue weighted by atomic mass is 35.5. The fraction of sp³-hybridized carbons (Fsp3) is 0.350. The highest BCUT2D eigenvalue weighted by molar-refractivity contribution is 6.31. The van der Waals surface area contributed by atoms with Crippen molar-refractivity contribution in [2.45, 2.75) is 37.8 Å². The fourth-order valence-electron chi connectivity index (χ4n) is 3.53. The van der Waals surface area contributed by atoms with Crippen molar-refractivity contribution in [2.75, 3.05) is 0 Å². The van der Waals surface area contributed by atoms with Crippen molar-refractivity contribution in [2.24, 2.45) is 5.92 Å². The zero-order valence-corrected chi connectivity index (χ0v) is 14.8. The first-order valence-corrected chi connectivity index (χ1v) is 9.01. The van der Waals surface area contributed by atoms with Crippen molar-refractivity contribution in [3.8, 4) is 0 Å². The van der Waals surface area contributed by atoms with E-state index in [4.69, 9.17) is 16.7 Å². The number of carboxylic acids is 1. The highest BCUT2D eigenvalue weighted by Gasteiger charge is 2.29. The first kappa shape index (κ1) is 18.8. The van der Waals surface area contributed by atoms with E-state index in [1.54, 1.807) is 24.3 Å². The molecule has 2 aromatic carbocycles. The van der Waals surface area contributed by atoms with Crippen molar-refractivity contribution in [3.05, 3.63) is 70.2 Å². The first-order chi connectivity index (χ1) is 12.5. The summed E-state index contributed by atoms with van der Waals surface area (Å²) in [7, 11) is 0.